The molecular weight excluding hydrogens is 248 g/mol. The zero-order valence-corrected chi connectivity index (χ0v) is 12.3. The van der Waals surface area contributed by atoms with Gasteiger partial charge in [0, 0.05) is 17.0 Å². The zero-order valence-electron chi connectivity index (χ0n) is 10.7. The maximum Gasteiger partial charge on any atom is 0.133 e. The lowest BCUT2D eigenvalue weighted by molar-refractivity contribution is 0.425. The van der Waals surface area contributed by atoms with E-state index in [0.29, 0.717) is 0 Å². The van der Waals surface area contributed by atoms with Crippen molar-refractivity contribution in [2.75, 3.05) is 0 Å². The number of thiazole rings is 1. The predicted molar refractivity (Wildman–Crippen MR) is 76.8 cm³/mol. The molecule has 17 heavy (non-hydrogen) atoms. The smallest absolute Gasteiger partial charge is 0.133 e. The highest BCUT2D eigenvalue weighted by Crippen LogP contribution is 2.31. The molecule has 2 rings (SSSR count). The first-order chi connectivity index (χ1) is 7.96. The first-order valence-electron chi connectivity index (χ1n) is 5.71. The summed E-state index contributed by atoms with van der Waals surface area (Å²) in [5, 5.41) is 6.75. The lowest BCUT2D eigenvalue weighted by Crippen LogP contribution is -2.34. The van der Waals surface area contributed by atoms with Crippen molar-refractivity contribution in [3.8, 4) is 9.88 Å². The summed E-state index contributed by atoms with van der Waals surface area (Å²) in [5.41, 5.74) is 1.30. The number of hydrogen-bond acceptors (Lipinski definition) is 4. The van der Waals surface area contributed by atoms with Crippen molar-refractivity contribution in [2.45, 2.75) is 39.8 Å². The van der Waals surface area contributed by atoms with Gasteiger partial charge in [-0.3, -0.25) is 0 Å². The molecule has 92 valence electrons. The highest BCUT2D eigenvalue weighted by Gasteiger charge is 2.13. The van der Waals surface area contributed by atoms with Crippen molar-refractivity contribution in [3.05, 3.63) is 28.1 Å². The monoisotopic (exact) mass is 266 g/mol. The third-order valence-electron chi connectivity index (χ3n) is 2.40. The molecule has 0 spiro atoms. The molecule has 0 amide bonds. The number of aromatic nitrogens is 1. The average Bonchev–Trinajstić information content (AvgIpc) is 2.82. The third-order valence-corrected chi connectivity index (χ3v) is 4.60. The third kappa shape index (κ3) is 3.37. The number of nitrogens with one attached hydrogen (secondary N) is 1. The van der Waals surface area contributed by atoms with Crippen molar-refractivity contribution >= 4 is 22.7 Å². The predicted octanol–water partition coefficient (Wildman–Crippen LogP) is 4.07. The fourth-order valence-corrected chi connectivity index (χ4v) is 3.24. The van der Waals surface area contributed by atoms with Crippen LogP contribution in [-0.2, 0) is 6.54 Å². The van der Waals surface area contributed by atoms with Crippen LogP contribution in [0.3, 0.4) is 0 Å². The fourth-order valence-electron chi connectivity index (χ4n) is 1.44. The molecule has 1 N–H and O–H groups in total. The van der Waals surface area contributed by atoms with Gasteiger partial charge in [-0.25, -0.2) is 4.98 Å². The number of nitrogens with zero attached hydrogens (tertiary/aromatic N) is 1. The molecule has 0 saturated carbocycles. The quantitative estimate of drug-likeness (QED) is 0.906. The Labute approximate surface area is 111 Å². The molecule has 2 aromatic rings. The molecule has 0 atom stereocenters. The maximum atomic E-state index is 4.64. The number of rotatable bonds is 3. The molecule has 0 bridgehead atoms. The minimum absolute atomic E-state index is 0.152. The van der Waals surface area contributed by atoms with Crippen LogP contribution in [0.2, 0.25) is 0 Å². The molecule has 0 unspecified atom stereocenters. The second-order valence-corrected chi connectivity index (χ2v) is 7.14. The largest absolute Gasteiger partial charge is 0.307 e. The second kappa shape index (κ2) is 4.88. The number of thiophene rings is 1. The summed E-state index contributed by atoms with van der Waals surface area (Å²) < 4.78 is 0. The van der Waals surface area contributed by atoms with Gasteiger partial charge in [0.2, 0.25) is 0 Å². The van der Waals surface area contributed by atoms with Crippen molar-refractivity contribution in [1.82, 2.24) is 10.3 Å². The van der Waals surface area contributed by atoms with Gasteiger partial charge in [-0.2, -0.15) is 0 Å². The van der Waals surface area contributed by atoms with E-state index in [1.807, 2.05) is 0 Å². The van der Waals surface area contributed by atoms with Crippen molar-refractivity contribution in [2.24, 2.45) is 0 Å². The highest BCUT2D eigenvalue weighted by molar-refractivity contribution is 7.21. The Kier molecular flexibility index (Phi) is 3.66. The molecule has 0 saturated heterocycles. The molecule has 0 aliphatic heterocycles. The van der Waals surface area contributed by atoms with Crippen molar-refractivity contribution < 1.29 is 0 Å². The van der Waals surface area contributed by atoms with Crippen LogP contribution in [0.15, 0.2) is 17.5 Å². The van der Waals surface area contributed by atoms with Gasteiger partial charge in [-0.1, -0.05) is 6.07 Å². The van der Waals surface area contributed by atoms with E-state index in [9.17, 15) is 0 Å². The first-order valence-corrected chi connectivity index (χ1v) is 7.40. The van der Waals surface area contributed by atoms with E-state index in [2.05, 4.69) is 55.5 Å². The van der Waals surface area contributed by atoms with Crippen LogP contribution in [0.5, 0.6) is 0 Å². The highest BCUT2D eigenvalue weighted by atomic mass is 32.1. The summed E-state index contributed by atoms with van der Waals surface area (Å²) in [4.78, 5) is 7.24. The first kappa shape index (κ1) is 12.7. The normalized spacial score (nSPS) is 12.0. The molecule has 2 nitrogen and oxygen atoms in total. The Bertz CT molecular complexity index is 478. The summed E-state index contributed by atoms with van der Waals surface area (Å²) in [6.07, 6.45) is 0. The van der Waals surface area contributed by atoms with E-state index >= 15 is 0 Å². The molecular formula is C13H18N2S2. The SMILES string of the molecule is Cc1nc(-c2cccs2)sc1CNC(C)(C)C. The zero-order chi connectivity index (χ0) is 12.5. The van der Waals surface area contributed by atoms with Crippen molar-refractivity contribution in [1.29, 1.82) is 0 Å². The van der Waals surface area contributed by atoms with Crippen LogP contribution >= 0.6 is 22.7 Å². The standard InChI is InChI=1S/C13H18N2S2/c1-9-11(8-14-13(2,3)4)17-12(15-9)10-6-5-7-16-10/h5-7,14H,8H2,1-4H3. The Morgan fingerprint density at radius 2 is 2.12 bits per heavy atom. The topological polar surface area (TPSA) is 24.9 Å². The molecule has 2 aromatic heterocycles. The minimum atomic E-state index is 0.152. The Hall–Kier alpha value is -0.710. The summed E-state index contributed by atoms with van der Waals surface area (Å²) in [7, 11) is 0. The van der Waals surface area contributed by atoms with Crippen LogP contribution < -0.4 is 5.32 Å². The van der Waals surface area contributed by atoms with Crippen molar-refractivity contribution in [3.63, 3.8) is 0 Å². The second-order valence-electron chi connectivity index (χ2n) is 5.11. The van der Waals surface area contributed by atoms with E-state index in [1.165, 1.54) is 9.75 Å². The van der Waals surface area contributed by atoms with Gasteiger partial charge in [0.1, 0.15) is 5.01 Å². The van der Waals surface area contributed by atoms with Gasteiger partial charge in [0.25, 0.3) is 0 Å². The van der Waals surface area contributed by atoms with E-state index < -0.39 is 0 Å². The summed E-state index contributed by atoms with van der Waals surface area (Å²) in [6.45, 7) is 9.54. The van der Waals surface area contributed by atoms with E-state index in [0.717, 1.165) is 17.2 Å². The van der Waals surface area contributed by atoms with Gasteiger partial charge in [0.15, 0.2) is 0 Å². The molecule has 0 aliphatic rings. The molecule has 2 heterocycles. The Balaban J connectivity index is 2.14. The molecule has 0 fully saturated rings. The Morgan fingerprint density at radius 1 is 1.35 bits per heavy atom. The summed E-state index contributed by atoms with van der Waals surface area (Å²) >= 11 is 3.54. The molecule has 0 radical (unpaired) electrons. The summed E-state index contributed by atoms with van der Waals surface area (Å²) in [6, 6.07) is 4.20. The molecule has 4 heteroatoms. The van der Waals surface area contributed by atoms with Gasteiger partial charge >= 0.3 is 0 Å². The van der Waals surface area contributed by atoms with Gasteiger partial charge in [-0.15, -0.1) is 22.7 Å². The number of aryl methyl sites for hydroxylation is 1. The van der Waals surface area contributed by atoms with Crippen LogP contribution in [0.1, 0.15) is 31.3 Å². The van der Waals surface area contributed by atoms with Crippen LogP contribution in [0.25, 0.3) is 9.88 Å². The maximum absolute atomic E-state index is 4.64. The van der Waals surface area contributed by atoms with Crippen LogP contribution in [-0.4, -0.2) is 10.5 Å². The molecule has 0 aliphatic carbocycles. The minimum Gasteiger partial charge on any atom is -0.307 e. The van der Waals surface area contributed by atoms with E-state index in [4.69, 9.17) is 0 Å². The van der Waals surface area contributed by atoms with E-state index in [1.54, 1.807) is 22.7 Å². The fraction of sp³-hybridized carbons (Fsp3) is 0.462. The molecule has 0 aromatic carbocycles. The number of hydrogen-bond donors (Lipinski definition) is 1. The average molecular weight is 266 g/mol. The van der Waals surface area contributed by atoms with Gasteiger partial charge < -0.3 is 5.32 Å². The van der Waals surface area contributed by atoms with Crippen LogP contribution in [0, 0.1) is 6.92 Å². The van der Waals surface area contributed by atoms with Crippen LogP contribution in [0.4, 0.5) is 0 Å². The van der Waals surface area contributed by atoms with Gasteiger partial charge in [0.05, 0.1) is 10.6 Å². The van der Waals surface area contributed by atoms with E-state index in [-0.39, 0.29) is 5.54 Å². The summed E-state index contributed by atoms with van der Waals surface area (Å²) in [5.74, 6) is 0. The lowest BCUT2D eigenvalue weighted by atomic mass is 10.1. The van der Waals surface area contributed by atoms with Gasteiger partial charge in [-0.05, 0) is 39.1 Å². The lowest BCUT2D eigenvalue weighted by Gasteiger charge is -2.19. The Morgan fingerprint density at radius 3 is 2.71 bits per heavy atom.